The van der Waals surface area contributed by atoms with Crippen LogP contribution in [0.25, 0.3) is 27.9 Å². The number of carbonyl (C=O) groups is 1. The van der Waals surface area contributed by atoms with Gasteiger partial charge in [0.2, 0.25) is 5.95 Å². The van der Waals surface area contributed by atoms with Crippen LogP contribution in [-0.2, 0) is 0 Å². The molecule has 0 atom stereocenters. The Morgan fingerprint density at radius 1 is 0.727 bits per heavy atom. The average Bonchev–Trinajstić information content (AvgIpc) is 3.35. The van der Waals surface area contributed by atoms with Crippen molar-refractivity contribution < 1.29 is 4.79 Å². The maximum absolute atomic E-state index is 12.9. The Morgan fingerprint density at radius 2 is 1.39 bits per heavy atom. The molecule has 162 valence electrons. The third-order valence-corrected chi connectivity index (χ3v) is 6.13. The van der Waals surface area contributed by atoms with Gasteiger partial charge in [-0.3, -0.25) is 4.79 Å². The third-order valence-electron chi connectivity index (χ3n) is 6.13. The first-order valence-corrected chi connectivity index (χ1v) is 11.1. The van der Waals surface area contributed by atoms with Gasteiger partial charge >= 0.3 is 0 Å². The van der Waals surface area contributed by atoms with Crippen molar-refractivity contribution in [2.45, 2.75) is 0 Å². The van der Waals surface area contributed by atoms with E-state index in [4.69, 9.17) is 4.98 Å². The third kappa shape index (κ3) is 3.38. The van der Waals surface area contributed by atoms with Gasteiger partial charge in [-0.1, -0.05) is 60.7 Å². The summed E-state index contributed by atoms with van der Waals surface area (Å²) in [5.41, 5.74) is 3.38. The summed E-state index contributed by atoms with van der Waals surface area (Å²) in [6, 6.07) is 27.5. The number of aromatic nitrogens is 4. The molecule has 3 heterocycles. The molecule has 7 heteroatoms. The van der Waals surface area contributed by atoms with Crippen LogP contribution >= 0.6 is 0 Å². The number of amides is 1. The molecule has 0 N–H and O–H groups in total. The van der Waals surface area contributed by atoms with Gasteiger partial charge in [-0.15, -0.1) is 10.2 Å². The maximum atomic E-state index is 12.9. The molecule has 1 aliphatic heterocycles. The largest absolute Gasteiger partial charge is 0.338 e. The maximum Gasteiger partial charge on any atom is 0.253 e. The van der Waals surface area contributed by atoms with Crippen LogP contribution in [-0.4, -0.2) is 56.6 Å². The predicted octanol–water partition coefficient (Wildman–Crippen LogP) is 3.91. The lowest BCUT2D eigenvalue weighted by Gasteiger charge is -2.35. The summed E-state index contributed by atoms with van der Waals surface area (Å²) in [5, 5.41) is 10.0. The first-order valence-electron chi connectivity index (χ1n) is 11.1. The molecule has 7 nitrogen and oxygen atoms in total. The highest BCUT2D eigenvalue weighted by atomic mass is 16.2. The van der Waals surface area contributed by atoms with E-state index in [-0.39, 0.29) is 5.91 Å². The molecule has 0 spiro atoms. The quantitative estimate of drug-likeness (QED) is 0.431. The molecule has 1 fully saturated rings. The van der Waals surface area contributed by atoms with E-state index in [0.717, 1.165) is 39.4 Å². The number of nitrogens with zero attached hydrogens (tertiary/aromatic N) is 6. The normalized spacial score (nSPS) is 14.2. The summed E-state index contributed by atoms with van der Waals surface area (Å²) in [5.74, 6) is 1.64. The molecule has 33 heavy (non-hydrogen) atoms. The SMILES string of the molecule is O=C(c1ccccc1)N1CCN(c2nc3ccccc3c3nnc(-c4ccccc4)n23)CC1. The van der Waals surface area contributed by atoms with Gasteiger partial charge < -0.3 is 9.80 Å². The van der Waals surface area contributed by atoms with Gasteiger partial charge in [0.05, 0.1) is 5.52 Å². The Hall–Kier alpha value is -4.26. The first kappa shape index (κ1) is 19.4. The Kier molecular flexibility index (Phi) is 4.72. The number of carbonyl (C=O) groups excluding carboxylic acids is 1. The first-order chi connectivity index (χ1) is 16.3. The lowest BCUT2D eigenvalue weighted by Crippen LogP contribution is -2.49. The van der Waals surface area contributed by atoms with E-state index >= 15 is 0 Å². The molecule has 0 saturated carbocycles. The minimum Gasteiger partial charge on any atom is -0.338 e. The summed E-state index contributed by atoms with van der Waals surface area (Å²) >= 11 is 0. The van der Waals surface area contributed by atoms with E-state index in [1.54, 1.807) is 0 Å². The number of para-hydroxylation sites is 1. The standard InChI is InChI=1S/C26H22N6O/c33-25(20-11-5-2-6-12-20)30-15-17-31(18-16-30)26-27-22-14-8-7-13-21(22)24-29-28-23(32(24)26)19-9-3-1-4-10-19/h1-14H,15-18H2. The van der Waals surface area contributed by atoms with Crippen molar-refractivity contribution in [3.8, 4) is 11.4 Å². The van der Waals surface area contributed by atoms with Crippen LogP contribution < -0.4 is 4.90 Å². The van der Waals surface area contributed by atoms with Gasteiger partial charge in [0.15, 0.2) is 11.5 Å². The molecule has 0 bridgehead atoms. The molecule has 5 aromatic rings. The van der Waals surface area contributed by atoms with E-state index in [1.807, 2.05) is 94.2 Å². The van der Waals surface area contributed by atoms with Crippen molar-refractivity contribution in [1.29, 1.82) is 0 Å². The summed E-state index contributed by atoms with van der Waals surface area (Å²) in [4.78, 5) is 22.1. The van der Waals surface area contributed by atoms with Gasteiger partial charge in [-0.05, 0) is 24.3 Å². The van der Waals surface area contributed by atoms with Gasteiger partial charge in [-0.25, -0.2) is 9.38 Å². The number of benzene rings is 3. The second kappa shape index (κ2) is 8.02. The summed E-state index contributed by atoms with van der Waals surface area (Å²) in [6.45, 7) is 2.63. The Bertz CT molecular complexity index is 1440. The minimum absolute atomic E-state index is 0.0705. The van der Waals surface area contributed by atoms with Crippen LogP contribution in [0.3, 0.4) is 0 Å². The zero-order valence-corrected chi connectivity index (χ0v) is 18.0. The van der Waals surface area contributed by atoms with Crippen LogP contribution in [0.15, 0.2) is 84.9 Å². The molecule has 0 radical (unpaired) electrons. The fourth-order valence-corrected chi connectivity index (χ4v) is 4.43. The topological polar surface area (TPSA) is 66.6 Å². The van der Waals surface area contributed by atoms with Gasteiger partial charge in [0.25, 0.3) is 5.91 Å². The van der Waals surface area contributed by atoms with Crippen molar-refractivity contribution in [2.75, 3.05) is 31.1 Å². The number of fused-ring (bicyclic) bond motifs is 3. The highest BCUT2D eigenvalue weighted by Gasteiger charge is 2.26. The van der Waals surface area contributed by atoms with Crippen LogP contribution in [0.2, 0.25) is 0 Å². The highest BCUT2D eigenvalue weighted by molar-refractivity contribution is 5.95. The number of hydrogen-bond acceptors (Lipinski definition) is 5. The molecule has 0 aliphatic carbocycles. The summed E-state index contributed by atoms with van der Waals surface area (Å²) < 4.78 is 2.05. The van der Waals surface area contributed by atoms with E-state index in [0.29, 0.717) is 26.2 Å². The lowest BCUT2D eigenvalue weighted by molar-refractivity contribution is 0.0746. The molecule has 0 unspecified atom stereocenters. The molecule has 6 rings (SSSR count). The molecule has 1 aliphatic rings. The fourth-order valence-electron chi connectivity index (χ4n) is 4.43. The van der Waals surface area contributed by atoms with Gasteiger partial charge in [0, 0.05) is 42.7 Å². The minimum atomic E-state index is 0.0705. The van der Waals surface area contributed by atoms with Crippen LogP contribution in [0, 0.1) is 0 Å². The van der Waals surface area contributed by atoms with Crippen LogP contribution in [0.4, 0.5) is 5.95 Å². The molecular weight excluding hydrogens is 412 g/mol. The summed E-state index contributed by atoms with van der Waals surface area (Å²) in [6.07, 6.45) is 0. The number of anilines is 1. The summed E-state index contributed by atoms with van der Waals surface area (Å²) in [7, 11) is 0. The molecule has 3 aromatic carbocycles. The second-order valence-electron chi connectivity index (χ2n) is 8.12. The predicted molar refractivity (Wildman–Crippen MR) is 128 cm³/mol. The Morgan fingerprint density at radius 3 is 2.15 bits per heavy atom. The van der Waals surface area contributed by atoms with E-state index in [1.165, 1.54) is 0 Å². The lowest BCUT2D eigenvalue weighted by atomic mass is 10.2. The Labute approximate surface area is 190 Å². The molecular formula is C26H22N6O. The van der Waals surface area contributed by atoms with Crippen molar-refractivity contribution >= 4 is 28.4 Å². The van der Waals surface area contributed by atoms with Gasteiger partial charge in [-0.2, -0.15) is 0 Å². The second-order valence-corrected chi connectivity index (χ2v) is 8.12. The molecule has 1 amide bonds. The van der Waals surface area contributed by atoms with Crippen molar-refractivity contribution in [3.63, 3.8) is 0 Å². The fraction of sp³-hybridized carbons (Fsp3) is 0.154. The molecule has 1 saturated heterocycles. The Balaban J connectivity index is 1.39. The van der Waals surface area contributed by atoms with Crippen molar-refractivity contribution in [2.24, 2.45) is 0 Å². The number of hydrogen-bond donors (Lipinski definition) is 0. The highest BCUT2D eigenvalue weighted by Crippen LogP contribution is 2.29. The smallest absolute Gasteiger partial charge is 0.253 e. The molecule has 2 aromatic heterocycles. The zero-order valence-electron chi connectivity index (χ0n) is 18.0. The zero-order chi connectivity index (χ0) is 22.2. The van der Waals surface area contributed by atoms with E-state index in [9.17, 15) is 4.79 Å². The van der Waals surface area contributed by atoms with Crippen molar-refractivity contribution in [1.82, 2.24) is 24.5 Å². The number of rotatable bonds is 3. The van der Waals surface area contributed by atoms with Crippen LogP contribution in [0.5, 0.6) is 0 Å². The van der Waals surface area contributed by atoms with Crippen LogP contribution in [0.1, 0.15) is 10.4 Å². The van der Waals surface area contributed by atoms with E-state index in [2.05, 4.69) is 15.1 Å². The van der Waals surface area contributed by atoms with Crippen molar-refractivity contribution in [3.05, 3.63) is 90.5 Å². The average molecular weight is 435 g/mol. The monoisotopic (exact) mass is 434 g/mol. The number of piperazine rings is 1. The van der Waals surface area contributed by atoms with Gasteiger partial charge in [0.1, 0.15) is 0 Å². The van der Waals surface area contributed by atoms with E-state index < -0.39 is 0 Å².